The molecule has 0 radical (unpaired) electrons. The van der Waals surface area contributed by atoms with E-state index in [0.717, 1.165) is 24.5 Å². The molecule has 0 unspecified atom stereocenters. The summed E-state index contributed by atoms with van der Waals surface area (Å²) < 4.78 is 1.92. The summed E-state index contributed by atoms with van der Waals surface area (Å²) >= 11 is 1.60. The van der Waals surface area contributed by atoms with E-state index in [2.05, 4.69) is 4.98 Å². The molecule has 0 bridgehead atoms. The molecule has 7 heteroatoms. The molecule has 4 rings (SSSR count). The zero-order chi connectivity index (χ0) is 20.4. The van der Waals surface area contributed by atoms with E-state index in [-0.39, 0.29) is 0 Å². The van der Waals surface area contributed by atoms with E-state index in [1.54, 1.807) is 54.2 Å². The van der Waals surface area contributed by atoms with Crippen LogP contribution in [0.5, 0.6) is 0 Å². The first-order valence-corrected chi connectivity index (χ1v) is 9.74. The Kier molecular flexibility index (Phi) is 5.05. The van der Waals surface area contributed by atoms with Gasteiger partial charge in [-0.05, 0) is 55.0 Å². The minimum Gasteiger partial charge on any atom is -0.258 e. The molecule has 1 heterocycles. The highest BCUT2D eigenvalue weighted by atomic mass is 32.2. The van der Waals surface area contributed by atoms with E-state index in [0.29, 0.717) is 11.4 Å². The summed E-state index contributed by atoms with van der Waals surface area (Å²) in [6, 6.07) is 23.8. The summed E-state index contributed by atoms with van der Waals surface area (Å²) in [5.74, 6) is 0. The van der Waals surface area contributed by atoms with Crippen LogP contribution in [0.25, 0.3) is 11.4 Å². The van der Waals surface area contributed by atoms with Gasteiger partial charge in [-0.3, -0.25) is 4.98 Å². The topological polar surface area (TPSA) is 76.9 Å². The van der Waals surface area contributed by atoms with Crippen molar-refractivity contribution in [2.75, 3.05) is 0 Å². The van der Waals surface area contributed by atoms with Gasteiger partial charge >= 0.3 is 17.1 Å². The smallest absolute Gasteiger partial charge is 0.258 e. The van der Waals surface area contributed by atoms with Crippen LogP contribution in [0.15, 0.2) is 103 Å². The van der Waals surface area contributed by atoms with Gasteiger partial charge in [-0.25, -0.2) is 23.5 Å². The van der Waals surface area contributed by atoms with Crippen LogP contribution in [-0.2, 0) is 0 Å². The second-order valence-electron chi connectivity index (χ2n) is 6.39. The van der Waals surface area contributed by atoms with Crippen molar-refractivity contribution in [1.29, 1.82) is 0 Å². The van der Waals surface area contributed by atoms with Crippen LogP contribution in [0.1, 0.15) is 5.56 Å². The van der Waals surface area contributed by atoms with Gasteiger partial charge in [0.15, 0.2) is 0 Å². The summed E-state index contributed by atoms with van der Waals surface area (Å²) in [5, 5.41) is 0. The zero-order valence-electron chi connectivity index (χ0n) is 15.5. The van der Waals surface area contributed by atoms with Crippen molar-refractivity contribution in [3.8, 4) is 11.4 Å². The van der Waals surface area contributed by atoms with Gasteiger partial charge in [-0.2, -0.15) is 0 Å². The molecule has 6 nitrogen and oxygen atoms in total. The molecule has 1 N–H and O–H groups in total. The van der Waals surface area contributed by atoms with Crippen LogP contribution in [0, 0.1) is 6.92 Å². The molecule has 0 spiro atoms. The summed E-state index contributed by atoms with van der Waals surface area (Å²) in [7, 11) is 0. The zero-order valence-corrected chi connectivity index (χ0v) is 16.3. The molecular weight excluding hydrogens is 386 g/mol. The van der Waals surface area contributed by atoms with Crippen molar-refractivity contribution in [3.63, 3.8) is 0 Å². The van der Waals surface area contributed by atoms with Crippen molar-refractivity contribution in [3.05, 3.63) is 116 Å². The fourth-order valence-corrected chi connectivity index (χ4v) is 3.92. The van der Waals surface area contributed by atoms with E-state index in [1.807, 2.05) is 43.3 Å². The predicted molar refractivity (Wildman–Crippen MR) is 114 cm³/mol. The lowest BCUT2D eigenvalue weighted by Gasteiger charge is -2.11. The molecule has 0 aliphatic carbocycles. The second kappa shape index (κ2) is 7.81. The van der Waals surface area contributed by atoms with E-state index < -0.39 is 17.1 Å². The van der Waals surface area contributed by atoms with E-state index in [9.17, 15) is 14.4 Å². The molecule has 0 aliphatic rings. The highest BCUT2D eigenvalue weighted by molar-refractivity contribution is 7.99. The molecule has 0 amide bonds. The first-order valence-electron chi connectivity index (χ1n) is 8.92. The second-order valence-corrected chi connectivity index (χ2v) is 7.50. The summed E-state index contributed by atoms with van der Waals surface area (Å²) in [6.45, 7) is 1.92. The first-order chi connectivity index (χ1) is 14.0. The third-order valence-corrected chi connectivity index (χ3v) is 5.59. The molecule has 0 atom stereocenters. The van der Waals surface area contributed by atoms with Gasteiger partial charge < -0.3 is 0 Å². The van der Waals surface area contributed by atoms with Gasteiger partial charge in [0.05, 0.1) is 11.4 Å². The third kappa shape index (κ3) is 3.72. The number of aryl methyl sites for hydroxylation is 1. The summed E-state index contributed by atoms with van der Waals surface area (Å²) in [5.41, 5.74) is -0.547. The van der Waals surface area contributed by atoms with Gasteiger partial charge in [0.25, 0.3) is 0 Å². The Morgan fingerprint density at radius 1 is 0.724 bits per heavy atom. The van der Waals surface area contributed by atoms with Crippen LogP contribution in [0.2, 0.25) is 0 Å². The number of benzene rings is 3. The van der Waals surface area contributed by atoms with Gasteiger partial charge in [0.1, 0.15) is 0 Å². The maximum Gasteiger partial charge on any atom is 0.345 e. The van der Waals surface area contributed by atoms with Gasteiger partial charge in [-0.15, -0.1) is 0 Å². The number of H-pyrrole nitrogens is 1. The van der Waals surface area contributed by atoms with Crippen LogP contribution in [0.4, 0.5) is 0 Å². The van der Waals surface area contributed by atoms with E-state index in [1.165, 1.54) is 0 Å². The molecule has 29 heavy (non-hydrogen) atoms. The highest BCUT2D eigenvalue weighted by Gasteiger charge is 2.14. The van der Waals surface area contributed by atoms with Crippen LogP contribution in [-0.4, -0.2) is 14.1 Å². The van der Waals surface area contributed by atoms with Crippen LogP contribution in [0.3, 0.4) is 0 Å². The average molecular weight is 403 g/mol. The van der Waals surface area contributed by atoms with Crippen LogP contribution < -0.4 is 17.1 Å². The highest BCUT2D eigenvalue weighted by Crippen LogP contribution is 2.30. The number of nitrogens with one attached hydrogen (secondary N) is 1. The van der Waals surface area contributed by atoms with Gasteiger partial charge in [-0.1, -0.05) is 48.2 Å². The average Bonchev–Trinajstić information content (AvgIpc) is 2.71. The molecular formula is C22H17N3O3S. The number of hydrogen-bond acceptors (Lipinski definition) is 4. The standard InChI is InChI=1S/C22H17N3O3S/c1-15-14-17(12-13-19(15)29-18-10-6-3-7-11-18)25-21(27)23-20(26)24(22(25)28)16-8-4-2-5-9-16/h2-14H,1H3,(H,23,26,27). The first kappa shape index (κ1) is 18.8. The molecule has 0 saturated carbocycles. The third-order valence-electron chi connectivity index (χ3n) is 4.40. The molecule has 144 valence electrons. The SMILES string of the molecule is Cc1cc(-n2c(=O)[nH]c(=O)n(-c3ccccc3)c2=O)ccc1Sc1ccccc1. The Morgan fingerprint density at radius 2 is 1.31 bits per heavy atom. The number of aromatic amines is 1. The summed E-state index contributed by atoms with van der Waals surface area (Å²) in [6.07, 6.45) is 0. The van der Waals surface area contributed by atoms with Crippen molar-refractivity contribution < 1.29 is 0 Å². The van der Waals surface area contributed by atoms with Crippen molar-refractivity contribution in [1.82, 2.24) is 14.1 Å². The predicted octanol–water partition coefficient (Wildman–Crippen LogP) is 3.14. The van der Waals surface area contributed by atoms with Gasteiger partial charge in [0.2, 0.25) is 0 Å². The monoisotopic (exact) mass is 403 g/mol. The van der Waals surface area contributed by atoms with Crippen LogP contribution >= 0.6 is 11.8 Å². The van der Waals surface area contributed by atoms with E-state index >= 15 is 0 Å². The molecule has 3 aromatic carbocycles. The van der Waals surface area contributed by atoms with E-state index in [4.69, 9.17) is 0 Å². The fraction of sp³-hybridized carbons (Fsp3) is 0.0455. The number of para-hydroxylation sites is 1. The normalized spacial score (nSPS) is 10.8. The number of aromatic nitrogens is 3. The number of hydrogen-bond donors (Lipinski definition) is 1. The van der Waals surface area contributed by atoms with Gasteiger partial charge in [0, 0.05) is 9.79 Å². The molecule has 0 fully saturated rings. The van der Waals surface area contributed by atoms with Crippen molar-refractivity contribution in [2.24, 2.45) is 0 Å². The van der Waals surface area contributed by atoms with Crippen molar-refractivity contribution in [2.45, 2.75) is 16.7 Å². The lowest BCUT2D eigenvalue weighted by molar-refractivity contribution is 0.714. The molecule has 0 aliphatic heterocycles. The maximum absolute atomic E-state index is 13.0. The Hall–Kier alpha value is -3.58. The lowest BCUT2D eigenvalue weighted by atomic mass is 10.2. The largest absolute Gasteiger partial charge is 0.345 e. The minimum atomic E-state index is -0.768. The molecule has 4 aromatic rings. The lowest BCUT2D eigenvalue weighted by Crippen LogP contribution is -2.48. The Labute approximate surface area is 170 Å². The Balaban J connectivity index is 1.81. The molecule has 0 saturated heterocycles. The number of nitrogens with zero attached hydrogens (tertiary/aromatic N) is 2. The maximum atomic E-state index is 13.0. The summed E-state index contributed by atoms with van der Waals surface area (Å²) in [4.78, 5) is 42.0. The Bertz CT molecular complexity index is 1340. The number of rotatable bonds is 4. The minimum absolute atomic E-state index is 0.389. The van der Waals surface area contributed by atoms with Crippen molar-refractivity contribution >= 4 is 11.8 Å². The quantitative estimate of drug-likeness (QED) is 0.568. The fourth-order valence-electron chi connectivity index (χ4n) is 3.01. The Morgan fingerprint density at radius 3 is 1.93 bits per heavy atom. The molecule has 1 aromatic heterocycles.